The molecule has 1 aromatic heterocycles. The molecular weight excluding hydrogens is 217 g/mol. The van der Waals surface area contributed by atoms with Gasteiger partial charge in [0.25, 0.3) is 0 Å². The molecule has 2 N–H and O–H groups in total. The van der Waals surface area contributed by atoms with Crippen LogP contribution in [0.4, 0.5) is 10.2 Å². The number of nitrogens with two attached hydrogens (primary N) is 1. The molecule has 88 valence electrons. The Kier molecular flexibility index (Phi) is 3.32. The minimum absolute atomic E-state index is 0.314. The minimum Gasteiger partial charge on any atom is -0.383 e. The van der Waals surface area contributed by atoms with Crippen LogP contribution in [0.25, 0.3) is 11.1 Å². The lowest BCUT2D eigenvalue weighted by molar-refractivity contribution is 0.631. The Morgan fingerprint density at radius 1 is 1.24 bits per heavy atom. The predicted molar refractivity (Wildman–Crippen MR) is 65.8 cm³/mol. The molecule has 0 aliphatic carbocycles. The smallest absolute Gasteiger partial charge is 0.135 e. The second-order valence-corrected chi connectivity index (χ2v) is 3.81. The van der Waals surface area contributed by atoms with Gasteiger partial charge in [0, 0.05) is 23.7 Å². The number of rotatable bonds is 3. The zero-order valence-corrected chi connectivity index (χ0v) is 9.65. The fraction of sp³-hybridized carbons (Fsp3) is 0.231. The molecule has 0 atom stereocenters. The van der Waals surface area contributed by atoms with Gasteiger partial charge in [0.15, 0.2) is 0 Å². The highest BCUT2D eigenvalue weighted by atomic mass is 19.1. The van der Waals surface area contributed by atoms with Crippen LogP contribution in [0.1, 0.15) is 19.2 Å². The van der Waals surface area contributed by atoms with Crippen LogP contribution in [0, 0.1) is 5.82 Å². The molecule has 1 aromatic carbocycles. The first-order valence-corrected chi connectivity index (χ1v) is 5.58. The number of aromatic nitrogens is 2. The Morgan fingerprint density at radius 3 is 2.65 bits per heavy atom. The third-order valence-corrected chi connectivity index (χ3v) is 2.51. The lowest BCUT2D eigenvalue weighted by atomic mass is 10.1. The molecule has 0 amide bonds. The number of halogens is 1. The fourth-order valence-corrected chi connectivity index (χ4v) is 1.66. The quantitative estimate of drug-likeness (QED) is 0.883. The van der Waals surface area contributed by atoms with Crippen molar-refractivity contribution < 1.29 is 4.39 Å². The maximum atomic E-state index is 13.6. The largest absolute Gasteiger partial charge is 0.383 e. The summed E-state index contributed by atoms with van der Waals surface area (Å²) in [6, 6.07) is 6.47. The molecule has 0 spiro atoms. The van der Waals surface area contributed by atoms with Crippen LogP contribution < -0.4 is 5.73 Å². The van der Waals surface area contributed by atoms with Crippen molar-refractivity contribution in [3.63, 3.8) is 0 Å². The molecule has 4 heteroatoms. The lowest BCUT2D eigenvalue weighted by Gasteiger charge is -2.07. The summed E-state index contributed by atoms with van der Waals surface area (Å²) in [6.07, 6.45) is 3.33. The van der Waals surface area contributed by atoms with E-state index in [9.17, 15) is 4.39 Å². The van der Waals surface area contributed by atoms with Gasteiger partial charge in [-0.25, -0.2) is 14.4 Å². The molecule has 17 heavy (non-hydrogen) atoms. The average molecular weight is 231 g/mol. The van der Waals surface area contributed by atoms with Crippen LogP contribution in [0.2, 0.25) is 0 Å². The summed E-state index contributed by atoms with van der Waals surface area (Å²) in [5.74, 6) is 0.713. The highest BCUT2D eigenvalue weighted by molar-refractivity contribution is 5.73. The molecule has 0 aliphatic rings. The molecule has 0 unspecified atom stereocenters. The van der Waals surface area contributed by atoms with Gasteiger partial charge in [-0.2, -0.15) is 0 Å². The van der Waals surface area contributed by atoms with Crippen molar-refractivity contribution in [1.82, 2.24) is 9.97 Å². The van der Waals surface area contributed by atoms with Gasteiger partial charge in [-0.05, 0) is 12.5 Å². The number of nitrogen functional groups attached to an aromatic ring is 1. The van der Waals surface area contributed by atoms with Gasteiger partial charge < -0.3 is 5.73 Å². The number of anilines is 1. The van der Waals surface area contributed by atoms with Crippen molar-refractivity contribution in [2.24, 2.45) is 0 Å². The van der Waals surface area contributed by atoms with Crippen LogP contribution in [-0.2, 0) is 6.42 Å². The van der Waals surface area contributed by atoms with E-state index in [0.29, 0.717) is 22.8 Å². The van der Waals surface area contributed by atoms with Crippen molar-refractivity contribution in [3.8, 4) is 11.1 Å². The molecule has 0 aliphatic heterocycles. The van der Waals surface area contributed by atoms with Gasteiger partial charge in [-0.3, -0.25) is 0 Å². The van der Waals surface area contributed by atoms with E-state index >= 15 is 0 Å². The summed E-state index contributed by atoms with van der Waals surface area (Å²) < 4.78 is 13.6. The van der Waals surface area contributed by atoms with E-state index in [4.69, 9.17) is 5.73 Å². The van der Waals surface area contributed by atoms with E-state index < -0.39 is 0 Å². The number of hydrogen-bond donors (Lipinski definition) is 1. The Bertz CT molecular complexity index is 526. The highest BCUT2D eigenvalue weighted by Gasteiger charge is 2.09. The zero-order valence-electron chi connectivity index (χ0n) is 9.65. The summed E-state index contributed by atoms with van der Waals surface area (Å²) in [7, 11) is 0. The molecular formula is C13H14FN3. The molecule has 0 fully saturated rings. The third kappa shape index (κ3) is 2.41. The molecule has 3 nitrogen and oxygen atoms in total. The van der Waals surface area contributed by atoms with E-state index in [1.165, 1.54) is 6.07 Å². The highest BCUT2D eigenvalue weighted by Crippen LogP contribution is 2.26. The molecule has 0 radical (unpaired) electrons. The first kappa shape index (κ1) is 11.5. The van der Waals surface area contributed by atoms with Crippen molar-refractivity contribution in [2.45, 2.75) is 19.8 Å². The number of nitrogens with zero attached hydrogens (tertiary/aromatic N) is 2. The van der Waals surface area contributed by atoms with Crippen molar-refractivity contribution in [1.29, 1.82) is 0 Å². The summed E-state index contributed by atoms with van der Waals surface area (Å²) in [6.45, 7) is 2.05. The van der Waals surface area contributed by atoms with Crippen LogP contribution >= 0.6 is 0 Å². The van der Waals surface area contributed by atoms with Gasteiger partial charge in [0.1, 0.15) is 17.5 Å². The first-order valence-electron chi connectivity index (χ1n) is 5.58. The second kappa shape index (κ2) is 4.91. The van der Waals surface area contributed by atoms with E-state index in [1.54, 1.807) is 24.4 Å². The van der Waals surface area contributed by atoms with Gasteiger partial charge in [0.2, 0.25) is 0 Å². The van der Waals surface area contributed by atoms with Gasteiger partial charge in [-0.15, -0.1) is 0 Å². The Hall–Kier alpha value is -1.97. The molecule has 1 heterocycles. The Balaban J connectivity index is 2.44. The standard InChI is InChI=1S/C13H14FN3/c1-2-5-12-16-8-10(13(15)17-12)9-6-3-4-7-11(9)14/h3-4,6-8H,2,5H2,1H3,(H2,15,16,17). The summed E-state index contributed by atoms with van der Waals surface area (Å²) in [5.41, 5.74) is 6.82. The molecule has 0 saturated heterocycles. The zero-order chi connectivity index (χ0) is 12.3. The minimum atomic E-state index is -0.314. The lowest BCUT2D eigenvalue weighted by Crippen LogP contribution is -2.02. The number of hydrogen-bond acceptors (Lipinski definition) is 3. The maximum absolute atomic E-state index is 13.6. The topological polar surface area (TPSA) is 51.8 Å². The molecule has 0 saturated carbocycles. The van der Waals surface area contributed by atoms with Crippen LogP contribution in [0.3, 0.4) is 0 Å². The van der Waals surface area contributed by atoms with Crippen LogP contribution in [0.5, 0.6) is 0 Å². The van der Waals surface area contributed by atoms with Crippen LogP contribution in [-0.4, -0.2) is 9.97 Å². The molecule has 2 aromatic rings. The normalized spacial score (nSPS) is 10.5. The fourth-order valence-electron chi connectivity index (χ4n) is 1.66. The van der Waals surface area contributed by atoms with Gasteiger partial charge >= 0.3 is 0 Å². The number of aryl methyl sites for hydroxylation is 1. The summed E-state index contributed by atoms with van der Waals surface area (Å²) in [4.78, 5) is 8.37. The van der Waals surface area contributed by atoms with E-state index in [1.807, 2.05) is 6.92 Å². The van der Waals surface area contributed by atoms with E-state index in [0.717, 1.165) is 12.8 Å². The van der Waals surface area contributed by atoms with Crippen molar-refractivity contribution in [2.75, 3.05) is 5.73 Å². The van der Waals surface area contributed by atoms with Gasteiger partial charge in [0.05, 0.1) is 0 Å². The third-order valence-electron chi connectivity index (χ3n) is 2.51. The maximum Gasteiger partial charge on any atom is 0.135 e. The van der Waals surface area contributed by atoms with Gasteiger partial charge in [-0.1, -0.05) is 25.1 Å². The van der Waals surface area contributed by atoms with Crippen LogP contribution in [0.15, 0.2) is 30.5 Å². The van der Waals surface area contributed by atoms with E-state index in [2.05, 4.69) is 9.97 Å². The monoisotopic (exact) mass is 231 g/mol. The average Bonchev–Trinajstić information content (AvgIpc) is 2.31. The molecule has 2 rings (SSSR count). The number of benzene rings is 1. The summed E-state index contributed by atoms with van der Waals surface area (Å²) >= 11 is 0. The SMILES string of the molecule is CCCc1ncc(-c2ccccc2F)c(N)n1. The predicted octanol–water partition coefficient (Wildman–Crippen LogP) is 2.82. The molecule has 0 bridgehead atoms. The second-order valence-electron chi connectivity index (χ2n) is 3.81. The van der Waals surface area contributed by atoms with Crippen molar-refractivity contribution >= 4 is 5.82 Å². The Morgan fingerprint density at radius 2 is 2.00 bits per heavy atom. The van der Waals surface area contributed by atoms with E-state index in [-0.39, 0.29) is 5.82 Å². The van der Waals surface area contributed by atoms with Crippen molar-refractivity contribution in [3.05, 3.63) is 42.1 Å². The summed E-state index contributed by atoms with van der Waals surface area (Å²) in [5, 5.41) is 0. The first-order chi connectivity index (χ1) is 8.22. The Labute approximate surface area is 99.5 Å².